The summed E-state index contributed by atoms with van der Waals surface area (Å²) >= 11 is 0. The number of fused-ring (bicyclic) bond motifs is 1. The van der Waals surface area contributed by atoms with Gasteiger partial charge < -0.3 is 14.6 Å². The summed E-state index contributed by atoms with van der Waals surface area (Å²) in [5.74, 6) is -0.618. The first-order valence-corrected chi connectivity index (χ1v) is 12.1. The van der Waals surface area contributed by atoms with E-state index in [2.05, 4.69) is 55.5 Å². The zero-order chi connectivity index (χ0) is 24.9. The normalized spacial score (nSPS) is 11.7. The van der Waals surface area contributed by atoms with Gasteiger partial charge in [-0.25, -0.2) is 4.79 Å². The van der Waals surface area contributed by atoms with Crippen molar-refractivity contribution in [1.82, 2.24) is 0 Å². The summed E-state index contributed by atoms with van der Waals surface area (Å²) in [7, 11) is 0. The molecule has 0 aliphatic rings. The largest absolute Gasteiger partial charge is 0.508 e. The topological polar surface area (TPSA) is 87.7 Å². The standard InChI is InChI=1S/C20H32O2.C9H6O3/c1-2-3-4-5-6-7-8-9-10-11-12-13-14-15-16-17-18-19-20(21)22;10-7-3-1-6-2-4-9(11)12-8(6)5-7/h6-7,9-10,12-13,15-16H,2-5,8,11,14,17-19H2,1H3,(H,21,22);1-5,10H/b7-6-,10-9-,13-12-,16-15-;. The highest BCUT2D eigenvalue weighted by molar-refractivity contribution is 5.77. The van der Waals surface area contributed by atoms with Crippen LogP contribution in [0.15, 0.2) is 88.2 Å². The predicted octanol–water partition coefficient (Wildman–Crippen LogP) is 7.72. The summed E-state index contributed by atoms with van der Waals surface area (Å²) in [4.78, 5) is 21.1. The van der Waals surface area contributed by atoms with E-state index < -0.39 is 11.6 Å². The number of phenolic OH excluding ortho intramolecular Hbond substituents is 1. The lowest BCUT2D eigenvalue weighted by Crippen LogP contribution is -1.93. The first-order chi connectivity index (χ1) is 16.5. The van der Waals surface area contributed by atoms with Crippen LogP contribution in [0.2, 0.25) is 0 Å². The van der Waals surface area contributed by atoms with E-state index in [1.807, 2.05) is 0 Å². The van der Waals surface area contributed by atoms with Crippen LogP contribution in [-0.2, 0) is 4.79 Å². The molecular weight excluding hydrogens is 428 g/mol. The maximum absolute atomic E-state index is 10.7. The third-order valence-electron chi connectivity index (χ3n) is 4.83. The van der Waals surface area contributed by atoms with Gasteiger partial charge in [-0.15, -0.1) is 0 Å². The number of carbonyl (C=O) groups is 1. The Morgan fingerprint density at radius 2 is 1.38 bits per heavy atom. The molecule has 0 unspecified atom stereocenters. The van der Waals surface area contributed by atoms with Crippen molar-refractivity contribution >= 4 is 16.9 Å². The summed E-state index contributed by atoms with van der Waals surface area (Å²) in [6.07, 6.45) is 27.3. The molecule has 5 nitrogen and oxygen atoms in total. The first-order valence-electron chi connectivity index (χ1n) is 12.1. The molecule has 1 aromatic heterocycles. The number of hydrogen-bond acceptors (Lipinski definition) is 4. The first kappa shape index (κ1) is 28.7. The molecular formula is C29H38O5. The molecule has 0 fully saturated rings. The average molecular weight is 467 g/mol. The molecule has 0 aliphatic heterocycles. The van der Waals surface area contributed by atoms with Crippen LogP contribution in [0.3, 0.4) is 0 Å². The van der Waals surface area contributed by atoms with Crippen molar-refractivity contribution in [3.8, 4) is 5.75 Å². The van der Waals surface area contributed by atoms with Crippen LogP contribution < -0.4 is 5.63 Å². The molecule has 184 valence electrons. The Balaban J connectivity index is 0.000000398. The molecule has 0 bridgehead atoms. The molecule has 0 radical (unpaired) electrons. The third kappa shape index (κ3) is 15.5. The number of carboxylic acids is 1. The van der Waals surface area contributed by atoms with Crippen molar-refractivity contribution in [2.75, 3.05) is 0 Å². The Hall–Kier alpha value is -3.34. The molecule has 5 heteroatoms. The van der Waals surface area contributed by atoms with Gasteiger partial charge in [0.2, 0.25) is 0 Å². The molecule has 0 atom stereocenters. The molecule has 0 amide bonds. The van der Waals surface area contributed by atoms with Gasteiger partial charge in [-0.3, -0.25) is 4.79 Å². The fraction of sp³-hybridized carbons (Fsp3) is 0.379. The van der Waals surface area contributed by atoms with Gasteiger partial charge in [0, 0.05) is 23.9 Å². The highest BCUT2D eigenvalue weighted by Crippen LogP contribution is 2.17. The number of aliphatic carboxylic acids is 1. The lowest BCUT2D eigenvalue weighted by Gasteiger charge is -1.94. The molecule has 2 rings (SSSR count). The zero-order valence-corrected chi connectivity index (χ0v) is 20.2. The predicted molar refractivity (Wildman–Crippen MR) is 140 cm³/mol. The van der Waals surface area contributed by atoms with E-state index >= 15 is 0 Å². The highest BCUT2D eigenvalue weighted by atomic mass is 16.4. The van der Waals surface area contributed by atoms with Crippen LogP contribution >= 0.6 is 0 Å². The maximum atomic E-state index is 10.7. The SMILES string of the molecule is CCCCC/C=C\C/C=C\C/C=C\C/C=C\CCCC(=O)O.O=c1ccc2ccc(O)cc2o1. The maximum Gasteiger partial charge on any atom is 0.336 e. The molecule has 1 heterocycles. The van der Waals surface area contributed by atoms with Crippen LogP contribution in [0.1, 0.15) is 71.1 Å². The smallest absolute Gasteiger partial charge is 0.336 e. The number of phenols is 1. The van der Waals surface area contributed by atoms with Crippen LogP contribution in [0.5, 0.6) is 5.75 Å². The van der Waals surface area contributed by atoms with Crippen molar-refractivity contribution < 1.29 is 19.4 Å². The lowest BCUT2D eigenvalue weighted by atomic mass is 10.2. The molecule has 0 spiro atoms. The van der Waals surface area contributed by atoms with Gasteiger partial charge in [0.15, 0.2) is 0 Å². The monoisotopic (exact) mass is 466 g/mol. The number of benzene rings is 1. The Morgan fingerprint density at radius 3 is 1.97 bits per heavy atom. The van der Waals surface area contributed by atoms with Crippen molar-refractivity contribution in [3.63, 3.8) is 0 Å². The van der Waals surface area contributed by atoms with Crippen LogP contribution in [0.4, 0.5) is 0 Å². The summed E-state index contributed by atoms with van der Waals surface area (Å²) in [6.45, 7) is 2.23. The quantitative estimate of drug-likeness (QED) is 0.169. The van der Waals surface area contributed by atoms with E-state index in [9.17, 15) is 9.59 Å². The van der Waals surface area contributed by atoms with E-state index in [-0.39, 0.29) is 12.2 Å². The van der Waals surface area contributed by atoms with Gasteiger partial charge in [-0.2, -0.15) is 0 Å². The number of carboxylic acid groups (broad SMARTS) is 1. The van der Waals surface area contributed by atoms with Crippen molar-refractivity contribution in [1.29, 1.82) is 0 Å². The van der Waals surface area contributed by atoms with Gasteiger partial charge in [0.1, 0.15) is 11.3 Å². The fourth-order valence-corrected chi connectivity index (χ4v) is 2.98. The highest BCUT2D eigenvalue weighted by Gasteiger charge is 1.96. The second-order valence-electron chi connectivity index (χ2n) is 7.85. The van der Waals surface area contributed by atoms with Crippen LogP contribution in [-0.4, -0.2) is 16.2 Å². The van der Waals surface area contributed by atoms with E-state index in [0.717, 1.165) is 37.5 Å². The summed E-state index contributed by atoms with van der Waals surface area (Å²) in [5, 5.41) is 18.4. The lowest BCUT2D eigenvalue weighted by molar-refractivity contribution is -0.137. The number of allylic oxidation sites excluding steroid dienone is 8. The van der Waals surface area contributed by atoms with E-state index in [1.165, 1.54) is 37.8 Å². The number of hydrogen-bond donors (Lipinski definition) is 2. The Kier molecular flexibility index (Phi) is 16.2. The molecule has 0 saturated carbocycles. The number of unbranched alkanes of at least 4 members (excludes halogenated alkanes) is 4. The minimum Gasteiger partial charge on any atom is -0.508 e. The molecule has 2 N–H and O–H groups in total. The Morgan fingerprint density at radius 1 is 0.824 bits per heavy atom. The molecule has 1 aromatic carbocycles. The van der Waals surface area contributed by atoms with Gasteiger partial charge in [-0.05, 0) is 63.1 Å². The van der Waals surface area contributed by atoms with Gasteiger partial charge >= 0.3 is 11.6 Å². The van der Waals surface area contributed by atoms with E-state index in [4.69, 9.17) is 14.6 Å². The Bertz CT molecular complexity index is 995. The summed E-state index contributed by atoms with van der Waals surface area (Å²) in [5.41, 5.74) is -0.00407. The second kappa shape index (κ2) is 19.2. The third-order valence-corrected chi connectivity index (χ3v) is 4.83. The van der Waals surface area contributed by atoms with Crippen molar-refractivity contribution in [3.05, 3.63) is 89.4 Å². The van der Waals surface area contributed by atoms with Crippen LogP contribution in [0.25, 0.3) is 11.0 Å². The van der Waals surface area contributed by atoms with E-state index in [1.54, 1.807) is 18.2 Å². The van der Waals surface area contributed by atoms with Gasteiger partial charge in [0.05, 0.1) is 0 Å². The second-order valence-corrected chi connectivity index (χ2v) is 7.85. The average Bonchev–Trinajstić information content (AvgIpc) is 2.81. The summed E-state index contributed by atoms with van der Waals surface area (Å²) in [6, 6.07) is 7.65. The molecule has 2 aromatic rings. The molecule has 0 saturated heterocycles. The van der Waals surface area contributed by atoms with Crippen LogP contribution in [0, 0.1) is 0 Å². The molecule has 0 aliphatic carbocycles. The Labute approximate surface area is 202 Å². The number of aromatic hydroxyl groups is 1. The fourth-order valence-electron chi connectivity index (χ4n) is 2.98. The minimum absolute atomic E-state index is 0.0943. The molecule has 34 heavy (non-hydrogen) atoms. The zero-order valence-electron chi connectivity index (χ0n) is 20.2. The summed E-state index contributed by atoms with van der Waals surface area (Å²) < 4.78 is 4.83. The van der Waals surface area contributed by atoms with Crippen molar-refractivity contribution in [2.24, 2.45) is 0 Å². The number of rotatable bonds is 14. The minimum atomic E-state index is -0.712. The van der Waals surface area contributed by atoms with Crippen molar-refractivity contribution in [2.45, 2.75) is 71.1 Å². The van der Waals surface area contributed by atoms with Gasteiger partial charge in [-0.1, -0.05) is 68.4 Å². The van der Waals surface area contributed by atoms with E-state index in [0.29, 0.717) is 5.58 Å². The van der Waals surface area contributed by atoms with Gasteiger partial charge in [0.25, 0.3) is 0 Å².